The highest BCUT2D eigenvalue weighted by Crippen LogP contribution is 2.09. The summed E-state index contributed by atoms with van der Waals surface area (Å²) in [6.45, 7) is 5.63. The third-order valence-electron chi connectivity index (χ3n) is 4.31. The van der Waals surface area contributed by atoms with Crippen LogP contribution in [0.1, 0.15) is 42.7 Å². The number of amides is 1. The van der Waals surface area contributed by atoms with E-state index in [9.17, 15) is 4.79 Å². The average molecular weight is 477 g/mol. The van der Waals surface area contributed by atoms with Gasteiger partial charge in [0, 0.05) is 26.7 Å². The lowest BCUT2D eigenvalue weighted by Gasteiger charge is -2.20. The summed E-state index contributed by atoms with van der Waals surface area (Å²) in [5, 5.41) is 9.32. The van der Waals surface area contributed by atoms with Gasteiger partial charge >= 0.3 is 0 Å². The van der Waals surface area contributed by atoms with Gasteiger partial charge in [-0.1, -0.05) is 12.8 Å². The van der Waals surface area contributed by atoms with Crippen LogP contribution in [-0.4, -0.2) is 63.1 Å². The Morgan fingerprint density at radius 3 is 2.46 bits per heavy atom. The van der Waals surface area contributed by atoms with Crippen molar-refractivity contribution in [2.45, 2.75) is 32.1 Å². The number of hydrogen-bond donors (Lipinski definition) is 3. The predicted molar refractivity (Wildman–Crippen MR) is 115 cm³/mol. The number of guanidine groups is 1. The zero-order valence-electron chi connectivity index (χ0n) is 15.6. The number of rotatable bonds is 8. The third kappa shape index (κ3) is 8.88. The lowest BCUT2D eigenvalue weighted by Crippen LogP contribution is -2.42. The molecule has 148 valence electrons. The molecule has 0 atom stereocenters. The van der Waals surface area contributed by atoms with Gasteiger partial charge in [-0.25, -0.2) is 0 Å². The maximum atomic E-state index is 11.7. The van der Waals surface area contributed by atoms with Gasteiger partial charge < -0.3 is 25.3 Å². The van der Waals surface area contributed by atoms with Crippen molar-refractivity contribution < 1.29 is 9.21 Å². The Labute approximate surface area is 173 Å². The number of nitrogens with one attached hydrogen (secondary N) is 3. The van der Waals surface area contributed by atoms with Gasteiger partial charge in [0.2, 0.25) is 0 Å². The zero-order chi connectivity index (χ0) is 17.7. The van der Waals surface area contributed by atoms with Gasteiger partial charge in [0.1, 0.15) is 0 Å². The maximum absolute atomic E-state index is 11.7. The summed E-state index contributed by atoms with van der Waals surface area (Å²) in [6, 6.07) is 3.35. The van der Waals surface area contributed by atoms with Crippen LogP contribution in [0.3, 0.4) is 0 Å². The minimum absolute atomic E-state index is 0. The molecular weight excluding hydrogens is 445 g/mol. The van der Waals surface area contributed by atoms with Crippen molar-refractivity contribution >= 4 is 35.8 Å². The van der Waals surface area contributed by atoms with Crippen molar-refractivity contribution in [2.24, 2.45) is 4.99 Å². The van der Waals surface area contributed by atoms with Crippen LogP contribution in [0, 0.1) is 0 Å². The summed E-state index contributed by atoms with van der Waals surface area (Å²) < 4.78 is 5.05. The molecular formula is C18H32IN5O2. The Balaban J connectivity index is 0.00000338. The summed E-state index contributed by atoms with van der Waals surface area (Å²) in [7, 11) is 1.76. The van der Waals surface area contributed by atoms with E-state index < -0.39 is 0 Å². The van der Waals surface area contributed by atoms with Crippen LogP contribution in [0.15, 0.2) is 27.8 Å². The van der Waals surface area contributed by atoms with Crippen LogP contribution in [0.25, 0.3) is 0 Å². The fraction of sp³-hybridized carbons (Fsp3) is 0.667. The Morgan fingerprint density at radius 1 is 1.12 bits per heavy atom. The van der Waals surface area contributed by atoms with Gasteiger partial charge in [0.15, 0.2) is 11.7 Å². The van der Waals surface area contributed by atoms with Gasteiger partial charge in [-0.15, -0.1) is 24.0 Å². The molecule has 1 amide bonds. The number of halogens is 1. The standard InChI is InChI=1S/C18H31N5O2.HI/c1-19-18(21-9-7-14-23-12-4-2-3-5-13-23)22-11-10-20-17(24)16-8-6-15-25-16;/h6,8,15H,2-5,7,9-14H2,1H3,(H,20,24)(H2,19,21,22);1H. The fourth-order valence-electron chi connectivity index (χ4n) is 2.94. The molecule has 0 aromatic carbocycles. The Hall–Kier alpha value is -1.29. The minimum atomic E-state index is -0.202. The highest BCUT2D eigenvalue weighted by molar-refractivity contribution is 14.0. The molecule has 0 radical (unpaired) electrons. The molecule has 26 heavy (non-hydrogen) atoms. The molecule has 8 heteroatoms. The first-order chi connectivity index (χ1) is 12.3. The Kier molecular flexibility index (Phi) is 12.1. The van der Waals surface area contributed by atoms with Gasteiger partial charge in [-0.2, -0.15) is 0 Å². The molecule has 2 heterocycles. The second-order valence-electron chi connectivity index (χ2n) is 6.27. The largest absolute Gasteiger partial charge is 0.459 e. The molecule has 0 spiro atoms. The number of furan rings is 1. The first kappa shape index (κ1) is 22.8. The normalized spacial score (nSPS) is 15.7. The van der Waals surface area contributed by atoms with Crippen LogP contribution in [0.5, 0.6) is 0 Å². The highest BCUT2D eigenvalue weighted by Gasteiger charge is 2.09. The number of likely N-dealkylation sites (tertiary alicyclic amines) is 1. The summed E-state index contributed by atoms with van der Waals surface area (Å²) in [5.41, 5.74) is 0. The van der Waals surface area contributed by atoms with Crippen LogP contribution in [-0.2, 0) is 0 Å². The van der Waals surface area contributed by atoms with E-state index >= 15 is 0 Å². The smallest absolute Gasteiger partial charge is 0.287 e. The topological polar surface area (TPSA) is 81.9 Å². The van der Waals surface area contributed by atoms with Gasteiger partial charge in [-0.05, 0) is 51.0 Å². The number of carbonyl (C=O) groups excluding carboxylic acids is 1. The number of carbonyl (C=O) groups is 1. The van der Waals surface area contributed by atoms with Crippen molar-refractivity contribution in [2.75, 3.05) is 46.3 Å². The molecule has 3 N–H and O–H groups in total. The molecule has 1 fully saturated rings. The van der Waals surface area contributed by atoms with Gasteiger partial charge in [-0.3, -0.25) is 9.79 Å². The van der Waals surface area contributed by atoms with E-state index in [0.717, 1.165) is 25.5 Å². The maximum Gasteiger partial charge on any atom is 0.287 e. The summed E-state index contributed by atoms with van der Waals surface area (Å²) in [6.07, 6.45) is 8.02. The minimum Gasteiger partial charge on any atom is -0.459 e. The molecule has 0 bridgehead atoms. The summed E-state index contributed by atoms with van der Waals surface area (Å²) in [4.78, 5) is 18.5. The monoisotopic (exact) mass is 477 g/mol. The zero-order valence-corrected chi connectivity index (χ0v) is 18.0. The third-order valence-corrected chi connectivity index (χ3v) is 4.31. The molecule has 0 saturated carbocycles. The quantitative estimate of drug-likeness (QED) is 0.231. The molecule has 1 aliphatic heterocycles. The van der Waals surface area contributed by atoms with Crippen LogP contribution in [0.2, 0.25) is 0 Å². The van der Waals surface area contributed by atoms with E-state index in [-0.39, 0.29) is 29.9 Å². The first-order valence-electron chi connectivity index (χ1n) is 9.28. The first-order valence-corrected chi connectivity index (χ1v) is 9.28. The summed E-state index contributed by atoms with van der Waals surface area (Å²) >= 11 is 0. The molecule has 0 aliphatic carbocycles. The van der Waals surface area contributed by atoms with E-state index in [2.05, 4.69) is 25.8 Å². The lowest BCUT2D eigenvalue weighted by molar-refractivity contribution is 0.0926. The molecule has 1 aromatic rings. The van der Waals surface area contributed by atoms with Crippen molar-refractivity contribution in [3.63, 3.8) is 0 Å². The van der Waals surface area contributed by atoms with E-state index in [1.165, 1.54) is 45.0 Å². The van der Waals surface area contributed by atoms with Crippen molar-refractivity contribution in [3.8, 4) is 0 Å². The highest BCUT2D eigenvalue weighted by atomic mass is 127. The van der Waals surface area contributed by atoms with Gasteiger partial charge in [0.05, 0.1) is 6.26 Å². The van der Waals surface area contributed by atoms with E-state index in [1.807, 2.05) is 0 Å². The number of hydrogen-bond acceptors (Lipinski definition) is 4. The predicted octanol–water partition coefficient (Wildman–Crippen LogP) is 2.06. The molecule has 7 nitrogen and oxygen atoms in total. The molecule has 0 unspecified atom stereocenters. The fourth-order valence-corrected chi connectivity index (χ4v) is 2.94. The van der Waals surface area contributed by atoms with Gasteiger partial charge in [0.25, 0.3) is 5.91 Å². The van der Waals surface area contributed by atoms with Crippen molar-refractivity contribution in [1.29, 1.82) is 0 Å². The Morgan fingerprint density at radius 2 is 1.81 bits per heavy atom. The van der Waals surface area contributed by atoms with Crippen molar-refractivity contribution in [1.82, 2.24) is 20.9 Å². The van der Waals surface area contributed by atoms with Crippen LogP contribution < -0.4 is 16.0 Å². The van der Waals surface area contributed by atoms with Crippen molar-refractivity contribution in [3.05, 3.63) is 24.2 Å². The van der Waals surface area contributed by atoms with E-state index in [1.54, 1.807) is 19.2 Å². The number of aliphatic imine (C=N–C) groups is 1. The summed E-state index contributed by atoms with van der Waals surface area (Å²) in [5.74, 6) is 0.895. The second-order valence-corrected chi connectivity index (χ2v) is 6.27. The number of nitrogens with zero attached hydrogens (tertiary/aromatic N) is 2. The SMILES string of the molecule is CN=C(NCCCN1CCCCCC1)NCCNC(=O)c1ccco1.I. The van der Waals surface area contributed by atoms with Crippen LogP contribution >= 0.6 is 24.0 Å². The molecule has 1 saturated heterocycles. The molecule has 1 aromatic heterocycles. The molecule has 1 aliphatic rings. The molecule has 2 rings (SSSR count). The van der Waals surface area contributed by atoms with E-state index in [4.69, 9.17) is 4.42 Å². The Bertz CT molecular complexity index is 514. The van der Waals surface area contributed by atoms with Crippen LogP contribution in [0.4, 0.5) is 0 Å². The lowest BCUT2D eigenvalue weighted by atomic mass is 10.2. The second kappa shape index (κ2) is 13.9. The average Bonchev–Trinajstić information content (AvgIpc) is 3.05. The van der Waals surface area contributed by atoms with E-state index in [0.29, 0.717) is 18.8 Å².